The molecule has 0 spiro atoms. The Balaban J connectivity index is 1.81. The fraction of sp³-hybridized carbons (Fsp3) is 0.261. The smallest absolute Gasteiger partial charge is 0.230 e. The number of benzene rings is 2. The lowest BCUT2D eigenvalue weighted by molar-refractivity contribution is 0.631. The Morgan fingerprint density at radius 1 is 0.654 bits per heavy atom. The summed E-state index contributed by atoms with van der Waals surface area (Å²) in [4.78, 5) is 4.67. The van der Waals surface area contributed by atoms with Crippen LogP contribution in [-0.4, -0.2) is 4.98 Å². The van der Waals surface area contributed by atoms with Gasteiger partial charge in [0.1, 0.15) is 11.2 Å². The summed E-state index contributed by atoms with van der Waals surface area (Å²) in [6.07, 6.45) is 4.42. The highest BCUT2D eigenvalue weighted by molar-refractivity contribution is 6.12. The van der Waals surface area contributed by atoms with Crippen molar-refractivity contribution in [1.29, 1.82) is 0 Å². The molecule has 130 valence electrons. The van der Waals surface area contributed by atoms with Crippen molar-refractivity contribution in [3.8, 4) is 0 Å². The van der Waals surface area contributed by atoms with Crippen LogP contribution in [0.3, 0.4) is 0 Å². The van der Waals surface area contributed by atoms with Crippen LogP contribution in [-0.2, 0) is 12.8 Å². The summed E-state index contributed by atoms with van der Waals surface area (Å²) in [5.41, 5.74) is 5.74. The van der Waals surface area contributed by atoms with E-state index < -0.39 is 0 Å². The van der Waals surface area contributed by atoms with Gasteiger partial charge >= 0.3 is 0 Å². The monoisotopic (exact) mass is 343 g/mol. The highest BCUT2D eigenvalue weighted by Gasteiger charge is 2.15. The normalized spacial score (nSPS) is 12.1. The van der Waals surface area contributed by atoms with E-state index in [1.807, 2.05) is 0 Å². The van der Waals surface area contributed by atoms with Crippen LogP contribution >= 0.6 is 0 Å². The van der Waals surface area contributed by atoms with Crippen molar-refractivity contribution in [2.45, 2.75) is 39.5 Å². The molecule has 0 aliphatic rings. The minimum atomic E-state index is 0.647. The molecule has 0 unspecified atom stereocenters. The van der Waals surface area contributed by atoms with Crippen LogP contribution in [0.25, 0.3) is 44.1 Å². The molecular weight excluding hydrogens is 322 g/mol. The van der Waals surface area contributed by atoms with Crippen LogP contribution in [0.2, 0.25) is 0 Å². The van der Waals surface area contributed by atoms with Crippen molar-refractivity contribution in [3.05, 3.63) is 53.6 Å². The van der Waals surface area contributed by atoms with Gasteiger partial charge in [-0.1, -0.05) is 38.8 Å². The third kappa shape index (κ3) is 2.31. The van der Waals surface area contributed by atoms with Crippen molar-refractivity contribution in [1.82, 2.24) is 4.98 Å². The summed E-state index contributed by atoms with van der Waals surface area (Å²) in [7, 11) is 0. The topological polar surface area (TPSA) is 39.2 Å². The van der Waals surface area contributed by atoms with E-state index in [-0.39, 0.29) is 0 Å². The maximum atomic E-state index is 5.98. The molecule has 5 aromatic rings. The first-order chi connectivity index (χ1) is 12.8. The first-order valence-corrected chi connectivity index (χ1v) is 9.44. The van der Waals surface area contributed by atoms with Crippen molar-refractivity contribution >= 4 is 44.1 Å². The molecule has 0 fully saturated rings. The molecule has 0 atom stereocenters. The summed E-state index contributed by atoms with van der Waals surface area (Å²) in [6.45, 7) is 4.41. The van der Waals surface area contributed by atoms with E-state index in [9.17, 15) is 0 Å². The molecule has 3 aromatic heterocycles. The molecule has 0 aliphatic heterocycles. The fourth-order valence-corrected chi connectivity index (χ4v) is 3.87. The Labute approximate surface area is 151 Å². The number of rotatable bonds is 4. The van der Waals surface area contributed by atoms with Gasteiger partial charge < -0.3 is 8.83 Å². The zero-order chi connectivity index (χ0) is 17.7. The lowest BCUT2D eigenvalue weighted by Crippen LogP contribution is -1.82. The zero-order valence-electron chi connectivity index (χ0n) is 15.1. The van der Waals surface area contributed by atoms with Crippen LogP contribution in [0.15, 0.2) is 51.3 Å². The van der Waals surface area contributed by atoms with E-state index in [2.05, 4.69) is 61.3 Å². The molecular formula is C23H21NO2. The molecule has 3 heteroatoms. The van der Waals surface area contributed by atoms with Crippen molar-refractivity contribution < 1.29 is 8.83 Å². The molecule has 0 N–H and O–H groups in total. The zero-order valence-corrected chi connectivity index (χ0v) is 15.1. The van der Waals surface area contributed by atoms with Crippen LogP contribution < -0.4 is 0 Å². The highest BCUT2D eigenvalue weighted by atomic mass is 16.4. The van der Waals surface area contributed by atoms with Gasteiger partial charge in [0.15, 0.2) is 0 Å². The predicted molar refractivity (Wildman–Crippen MR) is 107 cm³/mol. The van der Waals surface area contributed by atoms with Crippen molar-refractivity contribution in [3.63, 3.8) is 0 Å². The van der Waals surface area contributed by atoms with E-state index in [4.69, 9.17) is 8.83 Å². The molecule has 0 aliphatic carbocycles. The summed E-state index contributed by atoms with van der Waals surface area (Å²) in [5.74, 6) is 0. The Hall–Kier alpha value is -2.81. The Bertz CT molecular complexity index is 1160. The minimum Gasteiger partial charge on any atom is -0.438 e. The second-order valence-electron chi connectivity index (χ2n) is 7.06. The van der Waals surface area contributed by atoms with Gasteiger partial charge in [-0.25, -0.2) is 0 Å². The number of hydrogen-bond donors (Lipinski definition) is 0. The lowest BCUT2D eigenvalue weighted by atomic mass is 10.0. The first kappa shape index (κ1) is 15.4. The molecule has 0 amide bonds. The standard InChI is InChI=1S/C23H21NO2/c1-3-5-14-7-9-20-16(11-14)18-13-19-17-12-15(6-4-2)8-10-21(17)26-23(19)24-22(18)25-20/h7-13H,3-6H2,1-2H3. The number of furan rings is 2. The molecule has 0 saturated carbocycles. The maximum Gasteiger partial charge on any atom is 0.230 e. The maximum absolute atomic E-state index is 5.98. The van der Waals surface area contributed by atoms with Gasteiger partial charge in [-0.2, -0.15) is 4.98 Å². The SMILES string of the molecule is CCCc1ccc2oc3nc4oc5ccc(CCC)cc5c4cc3c2c1. The molecule has 3 heterocycles. The third-order valence-electron chi connectivity index (χ3n) is 5.11. The Morgan fingerprint density at radius 2 is 1.15 bits per heavy atom. The number of aryl methyl sites for hydroxylation is 2. The third-order valence-corrected chi connectivity index (χ3v) is 5.11. The summed E-state index contributed by atoms with van der Waals surface area (Å²) >= 11 is 0. The molecule has 0 bridgehead atoms. The van der Waals surface area contributed by atoms with Gasteiger partial charge in [0.2, 0.25) is 11.4 Å². The van der Waals surface area contributed by atoms with Gasteiger partial charge in [0.05, 0.1) is 0 Å². The van der Waals surface area contributed by atoms with Crippen LogP contribution in [0.4, 0.5) is 0 Å². The molecule has 2 aromatic carbocycles. The van der Waals surface area contributed by atoms with Gasteiger partial charge in [0.25, 0.3) is 0 Å². The average Bonchev–Trinajstić information content (AvgIpc) is 3.17. The van der Waals surface area contributed by atoms with E-state index >= 15 is 0 Å². The second-order valence-corrected chi connectivity index (χ2v) is 7.06. The lowest BCUT2D eigenvalue weighted by Gasteiger charge is -1.98. The van der Waals surface area contributed by atoms with Crippen LogP contribution in [0.1, 0.15) is 37.8 Å². The van der Waals surface area contributed by atoms with Crippen LogP contribution in [0, 0.1) is 0 Å². The molecule has 5 rings (SSSR count). The fourth-order valence-electron chi connectivity index (χ4n) is 3.87. The largest absolute Gasteiger partial charge is 0.438 e. The minimum absolute atomic E-state index is 0.647. The number of nitrogens with zero attached hydrogens (tertiary/aromatic N) is 1. The summed E-state index contributed by atoms with van der Waals surface area (Å²) in [6, 6.07) is 15.1. The van der Waals surface area contributed by atoms with E-state index in [1.165, 1.54) is 11.1 Å². The predicted octanol–water partition coefficient (Wildman–Crippen LogP) is 6.79. The molecule has 3 nitrogen and oxygen atoms in total. The van der Waals surface area contributed by atoms with Gasteiger partial charge in [-0.3, -0.25) is 0 Å². The molecule has 0 radical (unpaired) electrons. The van der Waals surface area contributed by atoms with Gasteiger partial charge in [0, 0.05) is 21.5 Å². The van der Waals surface area contributed by atoms with E-state index in [0.29, 0.717) is 11.4 Å². The Morgan fingerprint density at radius 3 is 1.62 bits per heavy atom. The number of aromatic nitrogens is 1. The van der Waals surface area contributed by atoms with Crippen molar-refractivity contribution in [2.24, 2.45) is 0 Å². The summed E-state index contributed by atoms with van der Waals surface area (Å²) < 4.78 is 12.0. The van der Waals surface area contributed by atoms with Crippen molar-refractivity contribution in [2.75, 3.05) is 0 Å². The summed E-state index contributed by atoms with van der Waals surface area (Å²) in [5, 5.41) is 4.40. The molecule has 26 heavy (non-hydrogen) atoms. The number of pyridine rings is 1. The van der Waals surface area contributed by atoms with Gasteiger partial charge in [-0.05, 0) is 54.3 Å². The first-order valence-electron chi connectivity index (χ1n) is 9.44. The number of hydrogen-bond acceptors (Lipinski definition) is 3. The van der Waals surface area contributed by atoms with E-state index in [0.717, 1.165) is 58.4 Å². The van der Waals surface area contributed by atoms with E-state index in [1.54, 1.807) is 0 Å². The average molecular weight is 343 g/mol. The quantitative estimate of drug-likeness (QED) is 0.361. The highest BCUT2D eigenvalue weighted by Crippen LogP contribution is 2.35. The number of fused-ring (bicyclic) bond motifs is 6. The Kier molecular flexibility index (Phi) is 3.49. The second kappa shape index (κ2) is 5.87. The van der Waals surface area contributed by atoms with Gasteiger partial charge in [-0.15, -0.1) is 0 Å². The van der Waals surface area contributed by atoms with Crippen LogP contribution in [0.5, 0.6) is 0 Å². The molecule has 0 saturated heterocycles.